The van der Waals surface area contributed by atoms with E-state index in [1.807, 2.05) is 0 Å². The van der Waals surface area contributed by atoms with Crippen molar-refractivity contribution in [2.45, 2.75) is 20.3 Å². The van der Waals surface area contributed by atoms with Crippen LogP contribution in [0.5, 0.6) is 0 Å². The van der Waals surface area contributed by atoms with E-state index >= 15 is 0 Å². The van der Waals surface area contributed by atoms with Gasteiger partial charge in [-0.2, -0.15) is 0 Å². The Labute approximate surface area is 152 Å². The molecule has 0 fully saturated rings. The highest BCUT2D eigenvalue weighted by atomic mass is 16.7. The van der Waals surface area contributed by atoms with E-state index in [9.17, 15) is 19.2 Å². The van der Waals surface area contributed by atoms with Gasteiger partial charge in [0.15, 0.2) is 5.65 Å². The number of aromatic amines is 1. The van der Waals surface area contributed by atoms with Gasteiger partial charge >= 0.3 is 5.97 Å². The molecule has 2 aromatic heterocycles. The third-order valence-electron chi connectivity index (χ3n) is 4.47. The first-order valence-electron chi connectivity index (χ1n) is 8.13. The van der Waals surface area contributed by atoms with Crippen molar-refractivity contribution in [3.05, 3.63) is 68.8 Å². The number of nitrogens with zero attached hydrogens (tertiary/aromatic N) is 3. The van der Waals surface area contributed by atoms with Crippen molar-refractivity contribution in [2.75, 3.05) is 0 Å². The topological polar surface area (TPSA) is 114 Å². The molecule has 0 bridgehead atoms. The Bertz CT molecular complexity index is 1160. The Hall–Kier alpha value is -3.75. The molecule has 1 N–H and O–H groups in total. The van der Waals surface area contributed by atoms with Crippen molar-refractivity contribution < 1.29 is 19.2 Å². The number of nitrogens with one attached hydrogen (secondary N) is 1. The van der Waals surface area contributed by atoms with Gasteiger partial charge in [0.2, 0.25) is 0 Å². The number of hydrogen-bond donors (Lipinski definition) is 1. The SMILES string of the molecule is Cc1nc2cc(=O)[nH]n2c(C)c1CC(=O)ON1C(=O)c2ccccc2C1=O. The molecule has 0 saturated carbocycles. The number of carbonyl (C=O) groups excluding carboxylic acids is 3. The maximum atomic E-state index is 12.4. The van der Waals surface area contributed by atoms with Crippen molar-refractivity contribution in [1.82, 2.24) is 19.7 Å². The number of imide groups is 1. The standard InChI is InChI=1S/C18H14N4O5/c1-9-13(10(2)21-14(19-9)8-15(23)20-21)7-16(24)27-22-17(25)11-5-3-4-6-12(11)18(22)26/h3-6,8H,7H2,1-2H3,(H,20,23). The lowest BCUT2D eigenvalue weighted by molar-refractivity contribution is -0.167. The third kappa shape index (κ3) is 2.60. The van der Waals surface area contributed by atoms with Gasteiger partial charge in [-0.1, -0.05) is 17.2 Å². The van der Waals surface area contributed by atoms with E-state index < -0.39 is 17.8 Å². The highest BCUT2D eigenvalue weighted by Crippen LogP contribution is 2.23. The summed E-state index contributed by atoms with van der Waals surface area (Å²) in [5, 5.41) is 3.07. The fourth-order valence-electron chi connectivity index (χ4n) is 3.14. The highest BCUT2D eigenvalue weighted by molar-refractivity contribution is 6.20. The second kappa shape index (κ2) is 5.90. The molecule has 0 saturated heterocycles. The first kappa shape index (κ1) is 16.7. The summed E-state index contributed by atoms with van der Waals surface area (Å²) < 4.78 is 1.47. The fraction of sp³-hybridized carbons (Fsp3) is 0.167. The average molecular weight is 366 g/mol. The van der Waals surface area contributed by atoms with E-state index in [2.05, 4.69) is 10.1 Å². The Morgan fingerprint density at radius 1 is 1.11 bits per heavy atom. The minimum Gasteiger partial charge on any atom is -0.329 e. The number of aromatic nitrogens is 3. The summed E-state index contributed by atoms with van der Waals surface area (Å²) in [6, 6.07) is 7.60. The minimum atomic E-state index is -0.786. The number of aryl methyl sites for hydroxylation is 2. The van der Waals surface area contributed by atoms with Crippen molar-refractivity contribution in [3.63, 3.8) is 0 Å². The molecule has 9 heteroatoms. The maximum Gasteiger partial charge on any atom is 0.337 e. The molecule has 0 atom stereocenters. The van der Waals surface area contributed by atoms with Crippen molar-refractivity contribution in [3.8, 4) is 0 Å². The van der Waals surface area contributed by atoms with Gasteiger partial charge in [-0.05, 0) is 26.0 Å². The van der Waals surface area contributed by atoms with Crippen LogP contribution in [0, 0.1) is 13.8 Å². The van der Waals surface area contributed by atoms with Crippen LogP contribution in [0.15, 0.2) is 35.1 Å². The second-order valence-electron chi connectivity index (χ2n) is 6.17. The Balaban J connectivity index is 1.59. The number of benzene rings is 1. The zero-order valence-corrected chi connectivity index (χ0v) is 14.5. The third-order valence-corrected chi connectivity index (χ3v) is 4.47. The summed E-state index contributed by atoms with van der Waals surface area (Å²) in [5.74, 6) is -2.15. The molecule has 1 aliphatic rings. The Morgan fingerprint density at radius 3 is 2.37 bits per heavy atom. The van der Waals surface area contributed by atoms with Gasteiger partial charge in [0.05, 0.1) is 17.5 Å². The molecule has 0 aliphatic carbocycles. The van der Waals surface area contributed by atoms with Gasteiger partial charge in [0.25, 0.3) is 17.4 Å². The largest absolute Gasteiger partial charge is 0.337 e. The van der Waals surface area contributed by atoms with E-state index in [4.69, 9.17) is 4.84 Å². The normalized spacial score (nSPS) is 13.3. The molecule has 1 aliphatic heterocycles. The predicted octanol–water partition coefficient (Wildman–Crippen LogP) is 0.936. The average Bonchev–Trinajstić information content (AvgIpc) is 3.12. The lowest BCUT2D eigenvalue weighted by Gasteiger charge is -2.14. The predicted molar refractivity (Wildman–Crippen MR) is 92.0 cm³/mol. The van der Waals surface area contributed by atoms with E-state index in [0.717, 1.165) is 0 Å². The molecule has 1 aromatic carbocycles. The molecule has 2 amide bonds. The van der Waals surface area contributed by atoms with Crippen LogP contribution in [0.2, 0.25) is 0 Å². The minimum absolute atomic E-state index is 0.190. The van der Waals surface area contributed by atoms with E-state index in [0.29, 0.717) is 27.7 Å². The van der Waals surface area contributed by atoms with Crippen LogP contribution in [-0.2, 0) is 16.1 Å². The molecule has 27 heavy (non-hydrogen) atoms. The van der Waals surface area contributed by atoms with Gasteiger partial charge in [-0.15, -0.1) is 0 Å². The van der Waals surface area contributed by atoms with Crippen molar-refractivity contribution in [2.24, 2.45) is 0 Å². The maximum absolute atomic E-state index is 12.4. The molecular weight excluding hydrogens is 352 g/mol. The molecule has 0 radical (unpaired) electrons. The summed E-state index contributed by atoms with van der Waals surface area (Å²) >= 11 is 0. The van der Waals surface area contributed by atoms with E-state index in [1.165, 1.54) is 22.7 Å². The van der Waals surface area contributed by atoms with E-state index in [1.54, 1.807) is 26.0 Å². The lowest BCUT2D eigenvalue weighted by atomic mass is 10.1. The van der Waals surface area contributed by atoms with Crippen LogP contribution in [0.25, 0.3) is 5.65 Å². The summed E-state index contributed by atoms with van der Waals surface area (Å²) in [5.41, 5.74) is 2.20. The summed E-state index contributed by atoms with van der Waals surface area (Å²) in [6.07, 6.45) is -0.214. The smallest absolute Gasteiger partial charge is 0.329 e. The zero-order chi connectivity index (χ0) is 19.3. The lowest BCUT2D eigenvalue weighted by Crippen LogP contribution is -2.33. The first-order chi connectivity index (χ1) is 12.9. The molecule has 3 heterocycles. The summed E-state index contributed by atoms with van der Waals surface area (Å²) in [6.45, 7) is 3.43. The van der Waals surface area contributed by atoms with Crippen LogP contribution >= 0.6 is 0 Å². The van der Waals surface area contributed by atoms with Crippen LogP contribution < -0.4 is 5.56 Å². The number of carbonyl (C=O) groups is 3. The number of H-pyrrole nitrogens is 1. The number of hydrogen-bond acceptors (Lipinski definition) is 6. The summed E-state index contributed by atoms with van der Waals surface area (Å²) in [7, 11) is 0. The van der Waals surface area contributed by atoms with Gasteiger partial charge < -0.3 is 4.84 Å². The van der Waals surface area contributed by atoms with Gasteiger partial charge in [-0.3, -0.25) is 19.5 Å². The van der Waals surface area contributed by atoms with Gasteiger partial charge in [-0.25, -0.2) is 14.3 Å². The quantitative estimate of drug-likeness (QED) is 0.690. The summed E-state index contributed by atoms with van der Waals surface area (Å²) in [4.78, 5) is 57.8. The van der Waals surface area contributed by atoms with Gasteiger partial charge in [0, 0.05) is 23.0 Å². The van der Waals surface area contributed by atoms with Crippen LogP contribution in [-0.4, -0.2) is 37.4 Å². The highest BCUT2D eigenvalue weighted by Gasteiger charge is 2.38. The number of fused-ring (bicyclic) bond motifs is 2. The number of hydroxylamine groups is 2. The molecule has 4 rings (SSSR count). The number of rotatable bonds is 3. The molecule has 9 nitrogen and oxygen atoms in total. The molecular formula is C18H14N4O5. The van der Waals surface area contributed by atoms with Crippen molar-refractivity contribution in [1.29, 1.82) is 0 Å². The van der Waals surface area contributed by atoms with Crippen LogP contribution in [0.3, 0.4) is 0 Å². The Morgan fingerprint density at radius 2 is 1.74 bits per heavy atom. The van der Waals surface area contributed by atoms with Gasteiger partial charge in [0.1, 0.15) is 0 Å². The molecule has 0 spiro atoms. The molecule has 3 aromatic rings. The monoisotopic (exact) mass is 366 g/mol. The Kier molecular flexibility index (Phi) is 3.65. The molecule has 0 unspecified atom stereocenters. The second-order valence-corrected chi connectivity index (χ2v) is 6.17. The zero-order valence-electron chi connectivity index (χ0n) is 14.5. The van der Waals surface area contributed by atoms with Crippen LogP contribution in [0.4, 0.5) is 0 Å². The first-order valence-corrected chi connectivity index (χ1v) is 8.13. The van der Waals surface area contributed by atoms with Crippen LogP contribution in [0.1, 0.15) is 37.7 Å². The number of amides is 2. The van der Waals surface area contributed by atoms with E-state index in [-0.39, 0.29) is 23.1 Å². The fourth-order valence-corrected chi connectivity index (χ4v) is 3.14. The molecule has 136 valence electrons. The van der Waals surface area contributed by atoms with Crippen molar-refractivity contribution >= 4 is 23.4 Å².